The van der Waals surface area contributed by atoms with Crippen molar-refractivity contribution in [1.82, 2.24) is 9.78 Å². The maximum atomic E-state index is 9.04. The fraction of sp³-hybridized carbons (Fsp3) is 0.111. The summed E-state index contributed by atoms with van der Waals surface area (Å²) in [6.45, 7) is 2.05. The van der Waals surface area contributed by atoms with Crippen LogP contribution < -0.4 is 0 Å². The number of nitrogens with zero attached hydrogens (tertiary/aromatic N) is 3. The zero-order chi connectivity index (χ0) is 15.5. The minimum Gasteiger partial charge on any atom is -0.240 e. The van der Waals surface area contributed by atoms with Gasteiger partial charge < -0.3 is 0 Å². The third kappa shape index (κ3) is 2.88. The van der Waals surface area contributed by atoms with E-state index in [2.05, 4.69) is 11.2 Å². The zero-order valence-corrected chi connectivity index (χ0v) is 12.9. The summed E-state index contributed by atoms with van der Waals surface area (Å²) in [6.07, 6.45) is 2.24. The summed E-state index contributed by atoms with van der Waals surface area (Å²) in [5, 5.41) is 14.4. The van der Waals surface area contributed by atoms with E-state index in [1.54, 1.807) is 0 Å². The Bertz CT molecular complexity index is 824. The Hall–Kier alpha value is -2.57. The second-order valence-electron chi connectivity index (χ2n) is 5.12. The number of aromatic nitrogens is 2. The molecule has 0 aliphatic carbocycles. The van der Waals surface area contributed by atoms with E-state index in [4.69, 9.17) is 16.9 Å². The highest BCUT2D eigenvalue weighted by atomic mass is 35.5. The van der Waals surface area contributed by atoms with Crippen molar-refractivity contribution in [3.05, 3.63) is 70.9 Å². The van der Waals surface area contributed by atoms with Crippen LogP contribution in [0.25, 0.3) is 16.9 Å². The van der Waals surface area contributed by atoms with Crippen LogP contribution in [0.4, 0.5) is 0 Å². The molecule has 1 aromatic heterocycles. The Labute approximate surface area is 134 Å². The highest BCUT2D eigenvalue weighted by Gasteiger charge is 2.12. The van der Waals surface area contributed by atoms with Gasteiger partial charge in [0.05, 0.1) is 23.9 Å². The Morgan fingerprint density at radius 3 is 2.41 bits per heavy atom. The lowest BCUT2D eigenvalue weighted by atomic mass is 10.1. The van der Waals surface area contributed by atoms with E-state index in [1.165, 1.54) is 5.56 Å². The lowest BCUT2D eigenvalue weighted by molar-refractivity contribution is 0.883. The second kappa shape index (κ2) is 6.05. The fourth-order valence-corrected chi connectivity index (χ4v) is 2.43. The van der Waals surface area contributed by atoms with Crippen LogP contribution >= 0.6 is 11.6 Å². The lowest BCUT2D eigenvalue weighted by Gasteiger charge is -2.02. The number of hydrogen-bond donors (Lipinski definition) is 0. The molecule has 0 saturated carbocycles. The molecule has 0 unspecified atom stereocenters. The van der Waals surface area contributed by atoms with E-state index in [9.17, 15) is 0 Å². The summed E-state index contributed by atoms with van der Waals surface area (Å²) in [7, 11) is 0. The molecule has 1 heterocycles. The first-order valence-electron chi connectivity index (χ1n) is 6.96. The molecule has 0 amide bonds. The average Bonchev–Trinajstić information content (AvgIpc) is 2.93. The molecule has 0 spiro atoms. The van der Waals surface area contributed by atoms with Crippen molar-refractivity contribution in [2.24, 2.45) is 0 Å². The third-order valence-corrected chi connectivity index (χ3v) is 3.73. The first-order chi connectivity index (χ1) is 10.7. The van der Waals surface area contributed by atoms with Gasteiger partial charge in [0, 0.05) is 22.3 Å². The molecule has 0 atom stereocenters. The Morgan fingerprint density at radius 2 is 1.77 bits per heavy atom. The number of halogens is 1. The molecular formula is C18H14ClN3. The summed E-state index contributed by atoms with van der Waals surface area (Å²) in [4.78, 5) is 0. The van der Waals surface area contributed by atoms with Gasteiger partial charge in [0.1, 0.15) is 0 Å². The molecule has 0 aliphatic rings. The number of rotatable bonds is 3. The Morgan fingerprint density at radius 1 is 1.09 bits per heavy atom. The number of aryl methyl sites for hydroxylation is 1. The molecule has 0 fully saturated rings. The molecule has 0 saturated heterocycles. The molecule has 4 heteroatoms. The van der Waals surface area contributed by atoms with Crippen molar-refractivity contribution in [2.75, 3.05) is 0 Å². The van der Waals surface area contributed by atoms with Crippen LogP contribution in [0, 0.1) is 18.3 Å². The van der Waals surface area contributed by atoms with Gasteiger partial charge in [0.25, 0.3) is 0 Å². The zero-order valence-electron chi connectivity index (χ0n) is 12.1. The fourth-order valence-electron chi connectivity index (χ4n) is 2.30. The van der Waals surface area contributed by atoms with Gasteiger partial charge in [-0.05, 0) is 31.2 Å². The van der Waals surface area contributed by atoms with Gasteiger partial charge in [0.2, 0.25) is 0 Å². The molecule has 0 radical (unpaired) electrons. The van der Waals surface area contributed by atoms with Crippen molar-refractivity contribution in [3.63, 3.8) is 0 Å². The Kier molecular flexibility index (Phi) is 3.95. The van der Waals surface area contributed by atoms with Gasteiger partial charge in [0.15, 0.2) is 0 Å². The molecule has 3 aromatic rings. The smallest absolute Gasteiger partial charge is 0.0970 e. The normalized spacial score (nSPS) is 10.4. The van der Waals surface area contributed by atoms with Crippen LogP contribution in [-0.4, -0.2) is 9.78 Å². The molecule has 0 bridgehead atoms. The maximum Gasteiger partial charge on any atom is 0.0970 e. The first-order valence-corrected chi connectivity index (χ1v) is 7.33. The van der Waals surface area contributed by atoms with Gasteiger partial charge in [-0.3, -0.25) is 0 Å². The summed E-state index contributed by atoms with van der Waals surface area (Å²) >= 11 is 5.94. The summed E-state index contributed by atoms with van der Waals surface area (Å²) < 4.78 is 1.82. The molecule has 0 N–H and O–H groups in total. The SMILES string of the molecule is Cc1ccc(-n2cc(CC#N)c(-c3ccc(Cl)cc3)n2)cc1. The molecule has 3 rings (SSSR count). The largest absolute Gasteiger partial charge is 0.240 e. The minimum absolute atomic E-state index is 0.323. The van der Waals surface area contributed by atoms with Gasteiger partial charge in [-0.25, -0.2) is 4.68 Å². The summed E-state index contributed by atoms with van der Waals surface area (Å²) in [6, 6.07) is 17.8. The van der Waals surface area contributed by atoms with Crippen LogP contribution in [0.5, 0.6) is 0 Å². The van der Waals surface area contributed by atoms with E-state index >= 15 is 0 Å². The molecule has 0 aliphatic heterocycles. The molecular weight excluding hydrogens is 294 g/mol. The number of nitriles is 1. The minimum atomic E-state index is 0.323. The summed E-state index contributed by atoms with van der Waals surface area (Å²) in [5.41, 5.74) is 4.86. The highest BCUT2D eigenvalue weighted by molar-refractivity contribution is 6.30. The monoisotopic (exact) mass is 307 g/mol. The second-order valence-corrected chi connectivity index (χ2v) is 5.56. The lowest BCUT2D eigenvalue weighted by Crippen LogP contribution is -1.94. The van der Waals surface area contributed by atoms with E-state index < -0.39 is 0 Å². The quantitative estimate of drug-likeness (QED) is 0.711. The van der Waals surface area contributed by atoms with E-state index in [-0.39, 0.29) is 0 Å². The maximum absolute atomic E-state index is 9.04. The molecule has 2 aromatic carbocycles. The topological polar surface area (TPSA) is 41.6 Å². The van der Waals surface area contributed by atoms with Crippen LogP contribution in [0.3, 0.4) is 0 Å². The van der Waals surface area contributed by atoms with Crippen LogP contribution in [-0.2, 0) is 6.42 Å². The highest BCUT2D eigenvalue weighted by Crippen LogP contribution is 2.25. The van der Waals surface area contributed by atoms with Gasteiger partial charge in [-0.2, -0.15) is 10.4 Å². The van der Waals surface area contributed by atoms with Crippen molar-refractivity contribution in [2.45, 2.75) is 13.3 Å². The standard InChI is InChI=1S/C18H14ClN3/c1-13-2-8-17(9-3-13)22-12-15(10-11-20)18(21-22)14-4-6-16(19)7-5-14/h2-9,12H,10H2,1H3. The van der Waals surface area contributed by atoms with Crippen LogP contribution in [0.1, 0.15) is 11.1 Å². The van der Waals surface area contributed by atoms with E-state index in [0.717, 1.165) is 22.5 Å². The predicted molar refractivity (Wildman–Crippen MR) is 88.1 cm³/mol. The van der Waals surface area contributed by atoms with Crippen molar-refractivity contribution < 1.29 is 0 Å². The summed E-state index contributed by atoms with van der Waals surface area (Å²) in [5.74, 6) is 0. The average molecular weight is 308 g/mol. The molecule has 3 nitrogen and oxygen atoms in total. The first kappa shape index (κ1) is 14.4. The van der Waals surface area contributed by atoms with Crippen LogP contribution in [0.2, 0.25) is 5.02 Å². The number of hydrogen-bond acceptors (Lipinski definition) is 2. The van der Waals surface area contributed by atoms with Gasteiger partial charge >= 0.3 is 0 Å². The molecule has 22 heavy (non-hydrogen) atoms. The predicted octanol–water partition coefficient (Wildman–Crippen LogP) is 4.57. The van der Waals surface area contributed by atoms with Crippen LogP contribution in [0.15, 0.2) is 54.7 Å². The number of benzene rings is 2. The van der Waals surface area contributed by atoms with Gasteiger partial charge in [-0.1, -0.05) is 41.4 Å². The van der Waals surface area contributed by atoms with Crippen molar-refractivity contribution in [3.8, 4) is 23.0 Å². The van der Waals surface area contributed by atoms with Crippen molar-refractivity contribution >= 4 is 11.6 Å². The Balaban J connectivity index is 2.08. The van der Waals surface area contributed by atoms with E-state index in [1.807, 2.05) is 66.3 Å². The van der Waals surface area contributed by atoms with Gasteiger partial charge in [-0.15, -0.1) is 0 Å². The third-order valence-electron chi connectivity index (χ3n) is 3.48. The molecule has 108 valence electrons. The van der Waals surface area contributed by atoms with E-state index in [0.29, 0.717) is 11.4 Å². The van der Waals surface area contributed by atoms with Crippen molar-refractivity contribution in [1.29, 1.82) is 5.26 Å².